The van der Waals surface area contributed by atoms with E-state index in [1.807, 2.05) is 27.7 Å². The number of hydrogen-bond donors (Lipinski definition) is 1. The monoisotopic (exact) mass is 256 g/mol. The first kappa shape index (κ1) is 15.0. The summed E-state index contributed by atoms with van der Waals surface area (Å²) in [5.74, 6) is -0.450. The lowest BCUT2D eigenvalue weighted by atomic mass is 9.80. The highest BCUT2D eigenvalue weighted by atomic mass is 16.5. The first-order valence-electron chi connectivity index (χ1n) is 6.46. The van der Waals surface area contributed by atoms with E-state index in [1.54, 1.807) is 7.05 Å². The Labute approximate surface area is 109 Å². The maximum absolute atomic E-state index is 12.4. The standard InChI is InChI=1S/C13H24N2O3/c1-6-7-8-18-11(17)13(12(2,3)4)14-9-10(16)15(13)5/h14H,6-9H2,1-5H3. The summed E-state index contributed by atoms with van der Waals surface area (Å²) in [6, 6.07) is 0. The molecule has 1 saturated heterocycles. The van der Waals surface area contributed by atoms with E-state index < -0.39 is 11.1 Å². The van der Waals surface area contributed by atoms with Crippen LogP contribution in [0.25, 0.3) is 0 Å². The van der Waals surface area contributed by atoms with Gasteiger partial charge in [0.2, 0.25) is 5.91 Å². The zero-order valence-electron chi connectivity index (χ0n) is 12.0. The lowest BCUT2D eigenvalue weighted by Gasteiger charge is -2.43. The molecule has 1 fully saturated rings. The van der Waals surface area contributed by atoms with Crippen LogP contribution < -0.4 is 5.32 Å². The molecule has 1 N–H and O–H groups in total. The van der Waals surface area contributed by atoms with Crippen LogP contribution >= 0.6 is 0 Å². The smallest absolute Gasteiger partial charge is 0.347 e. The van der Waals surface area contributed by atoms with Crippen LogP contribution in [-0.2, 0) is 14.3 Å². The second kappa shape index (κ2) is 5.26. The molecule has 0 saturated carbocycles. The number of amides is 1. The van der Waals surface area contributed by atoms with Crippen molar-refractivity contribution in [2.45, 2.75) is 46.2 Å². The van der Waals surface area contributed by atoms with Crippen molar-refractivity contribution in [1.29, 1.82) is 0 Å². The van der Waals surface area contributed by atoms with E-state index in [2.05, 4.69) is 5.32 Å². The SMILES string of the molecule is CCCCOC(=O)C1(C(C)(C)C)NCC(=O)N1C. The molecule has 0 aliphatic carbocycles. The quantitative estimate of drug-likeness (QED) is 0.605. The molecule has 0 radical (unpaired) electrons. The van der Waals surface area contributed by atoms with E-state index in [0.717, 1.165) is 12.8 Å². The van der Waals surface area contributed by atoms with Crippen LogP contribution in [0.2, 0.25) is 0 Å². The van der Waals surface area contributed by atoms with Crippen LogP contribution in [-0.4, -0.2) is 42.6 Å². The molecule has 1 aliphatic rings. The fourth-order valence-electron chi connectivity index (χ4n) is 2.32. The minimum absolute atomic E-state index is 0.0858. The largest absolute Gasteiger partial charge is 0.463 e. The normalized spacial score (nSPS) is 24.5. The molecule has 104 valence electrons. The Kier molecular flexibility index (Phi) is 4.37. The van der Waals surface area contributed by atoms with Crippen molar-refractivity contribution in [3.8, 4) is 0 Å². The van der Waals surface area contributed by atoms with Gasteiger partial charge in [-0.3, -0.25) is 10.1 Å². The first-order chi connectivity index (χ1) is 8.27. The van der Waals surface area contributed by atoms with Crippen LogP contribution in [0.4, 0.5) is 0 Å². The van der Waals surface area contributed by atoms with Gasteiger partial charge < -0.3 is 9.64 Å². The van der Waals surface area contributed by atoms with Crippen molar-refractivity contribution in [3.05, 3.63) is 0 Å². The van der Waals surface area contributed by atoms with Gasteiger partial charge in [-0.15, -0.1) is 0 Å². The molecular weight excluding hydrogens is 232 g/mol. The lowest BCUT2D eigenvalue weighted by Crippen LogP contribution is -2.65. The Morgan fingerprint density at radius 1 is 1.50 bits per heavy atom. The molecule has 5 heteroatoms. The molecule has 1 amide bonds. The fraction of sp³-hybridized carbons (Fsp3) is 0.846. The summed E-state index contributed by atoms with van der Waals surface area (Å²) >= 11 is 0. The fourth-order valence-corrected chi connectivity index (χ4v) is 2.32. The van der Waals surface area contributed by atoms with E-state index in [9.17, 15) is 9.59 Å². The summed E-state index contributed by atoms with van der Waals surface area (Å²) in [6.07, 6.45) is 1.81. The van der Waals surface area contributed by atoms with Gasteiger partial charge in [-0.2, -0.15) is 0 Å². The molecule has 0 spiro atoms. The highest BCUT2D eigenvalue weighted by Crippen LogP contribution is 2.36. The Balaban J connectivity index is 2.93. The average Bonchev–Trinajstić information content (AvgIpc) is 2.56. The van der Waals surface area contributed by atoms with Crippen molar-refractivity contribution < 1.29 is 14.3 Å². The van der Waals surface area contributed by atoms with Crippen molar-refractivity contribution in [2.75, 3.05) is 20.2 Å². The van der Waals surface area contributed by atoms with E-state index >= 15 is 0 Å². The van der Waals surface area contributed by atoms with E-state index in [0.29, 0.717) is 6.61 Å². The van der Waals surface area contributed by atoms with Crippen LogP contribution in [0.3, 0.4) is 0 Å². The lowest BCUT2D eigenvalue weighted by molar-refractivity contribution is -0.168. The zero-order chi connectivity index (χ0) is 14.0. The third-order valence-corrected chi connectivity index (χ3v) is 3.48. The van der Waals surface area contributed by atoms with E-state index in [4.69, 9.17) is 4.74 Å². The summed E-state index contributed by atoms with van der Waals surface area (Å²) in [5.41, 5.74) is -1.49. The minimum Gasteiger partial charge on any atom is -0.463 e. The highest BCUT2D eigenvalue weighted by molar-refractivity contribution is 5.92. The average molecular weight is 256 g/mol. The summed E-state index contributed by atoms with van der Waals surface area (Å²) in [6.45, 7) is 8.40. The number of carbonyl (C=O) groups is 2. The number of nitrogens with one attached hydrogen (secondary N) is 1. The number of hydrogen-bond acceptors (Lipinski definition) is 4. The van der Waals surface area contributed by atoms with Gasteiger partial charge in [0, 0.05) is 12.5 Å². The molecular formula is C13H24N2O3. The molecule has 0 bridgehead atoms. The molecule has 1 atom stereocenters. The van der Waals surface area contributed by atoms with Gasteiger partial charge in [0.25, 0.3) is 0 Å². The summed E-state index contributed by atoms with van der Waals surface area (Å²) in [7, 11) is 1.65. The van der Waals surface area contributed by atoms with Crippen LogP contribution in [0.1, 0.15) is 40.5 Å². The topological polar surface area (TPSA) is 58.6 Å². The number of unbranched alkanes of at least 4 members (excludes halogenated alkanes) is 1. The number of carbonyl (C=O) groups excluding carboxylic acids is 2. The van der Waals surface area contributed by atoms with Crippen LogP contribution in [0.5, 0.6) is 0 Å². The maximum atomic E-state index is 12.4. The van der Waals surface area contributed by atoms with Gasteiger partial charge in [-0.25, -0.2) is 4.79 Å². The molecule has 1 unspecified atom stereocenters. The third kappa shape index (κ3) is 2.36. The second-order valence-electron chi connectivity index (χ2n) is 5.76. The number of ether oxygens (including phenoxy) is 1. The molecule has 1 rings (SSSR count). The van der Waals surface area contributed by atoms with Crippen molar-refractivity contribution >= 4 is 11.9 Å². The Morgan fingerprint density at radius 3 is 2.50 bits per heavy atom. The Morgan fingerprint density at radius 2 is 2.11 bits per heavy atom. The molecule has 0 aromatic heterocycles. The van der Waals surface area contributed by atoms with Gasteiger partial charge in [0.05, 0.1) is 13.2 Å². The van der Waals surface area contributed by atoms with Gasteiger partial charge in [0.1, 0.15) is 0 Å². The Hall–Kier alpha value is -1.10. The number of esters is 1. The first-order valence-corrected chi connectivity index (χ1v) is 6.46. The van der Waals surface area contributed by atoms with Crippen molar-refractivity contribution in [1.82, 2.24) is 10.2 Å². The molecule has 0 aromatic rings. The van der Waals surface area contributed by atoms with Crippen LogP contribution in [0, 0.1) is 5.41 Å². The molecule has 1 aliphatic heterocycles. The van der Waals surface area contributed by atoms with Crippen molar-refractivity contribution in [2.24, 2.45) is 5.41 Å². The summed E-state index contributed by atoms with van der Waals surface area (Å²) < 4.78 is 5.32. The van der Waals surface area contributed by atoms with Gasteiger partial charge in [-0.05, 0) is 6.42 Å². The molecule has 18 heavy (non-hydrogen) atoms. The summed E-state index contributed by atoms with van der Waals surface area (Å²) in [4.78, 5) is 25.6. The minimum atomic E-state index is -1.06. The zero-order valence-corrected chi connectivity index (χ0v) is 12.0. The second-order valence-corrected chi connectivity index (χ2v) is 5.76. The molecule has 1 heterocycles. The van der Waals surface area contributed by atoms with Crippen molar-refractivity contribution in [3.63, 3.8) is 0 Å². The summed E-state index contributed by atoms with van der Waals surface area (Å²) in [5, 5.41) is 3.04. The van der Waals surface area contributed by atoms with Crippen LogP contribution in [0.15, 0.2) is 0 Å². The molecule has 5 nitrogen and oxygen atoms in total. The van der Waals surface area contributed by atoms with E-state index in [1.165, 1.54) is 4.90 Å². The number of rotatable bonds is 4. The Bertz CT molecular complexity index is 336. The van der Waals surface area contributed by atoms with Gasteiger partial charge >= 0.3 is 5.97 Å². The third-order valence-electron chi connectivity index (χ3n) is 3.48. The number of nitrogens with zero attached hydrogens (tertiary/aromatic N) is 1. The maximum Gasteiger partial charge on any atom is 0.347 e. The highest BCUT2D eigenvalue weighted by Gasteiger charge is 2.58. The number of likely N-dealkylation sites (N-methyl/N-ethyl adjacent to an activating group) is 1. The van der Waals surface area contributed by atoms with Gasteiger partial charge in [0.15, 0.2) is 5.66 Å². The van der Waals surface area contributed by atoms with E-state index in [-0.39, 0.29) is 18.4 Å². The van der Waals surface area contributed by atoms with Gasteiger partial charge in [-0.1, -0.05) is 34.1 Å². The predicted octanol–water partition coefficient (Wildman–Crippen LogP) is 1.13. The molecule has 0 aromatic carbocycles. The predicted molar refractivity (Wildman–Crippen MR) is 68.8 cm³/mol.